The lowest BCUT2D eigenvalue weighted by Gasteiger charge is -2.42. The number of methoxy groups -OCH3 is 1. The van der Waals surface area contributed by atoms with Crippen molar-refractivity contribution in [2.24, 2.45) is 0 Å². The lowest BCUT2D eigenvalue weighted by molar-refractivity contribution is -0.126. The van der Waals surface area contributed by atoms with Gasteiger partial charge in [0.2, 0.25) is 5.91 Å². The minimum Gasteiger partial charge on any atom is -0.383 e. The van der Waals surface area contributed by atoms with Gasteiger partial charge in [-0.3, -0.25) is 14.6 Å². The van der Waals surface area contributed by atoms with Crippen molar-refractivity contribution >= 4 is 5.91 Å². The third-order valence-electron chi connectivity index (χ3n) is 3.91. The maximum Gasteiger partial charge on any atom is 0.237 e. The normalized spacial score (nSPS) is 19.4. The molecule has 1 amide bonds. The number of hydrogen-bond donors (Lipinski definition) is 1. The molecule has 1 heterocycles. The van der Waals surface area contributed by atoms with E-state index >= 15 is 0 Å². The fourth-order valence-corrected chi connectivity index (χ4v) is 2.33. The first-order valence-corrected chi connectivity index (χ1v) is 7.09. The Morgan fingerprint density at radius 2 is 2.00 bits per heavy atom. The van der Waals surface area contributed by atoms with Crippen LogP contribution in [-0.4, -0.2) is 73.7 Å². The molecule has 0 aliphatic carbocycles. The van der Waals surface area contributed by atoms with Gasteiger partial charge in [-0.15, -0.1) is 0 Å². The van der Waals surface area contributed by atoms with E-state index in [1.165, 1.54) is 0 Å². The van der Waals surface area contributed by atoms with Crippen LogP contribution in [-0.2, 0) is 9.53 Å². The summed E-state index contributed by atoms with van der Waals surface area (Å²) in [6.45, 7) is 10.1. The standard InChI is InChI=1S/C14H26N4O2/c1-12(13(19)16-5-10-20-4)17-6-8-18(9-7-17)14(2,3)11-15/h12H,5-10H2,1-4H3,(H,16,19). The average Bonchev–Trinajstić information content (AvgIpc) is 2.46. The van der Waals surface area contributed by atoms with Crippen LogP contribution in [0.2, 0.25) is 0 Å². The third kappa shape index (κ3) is 4.44. The fourth-order valence-electron chi connectivity index (χ4n) is 2.33. The first kappa shape index (κ1) is 16.9. The van der Waals surface area contributed by atoms with Crippen molar-refractivity contribution in [3.8, 4) is 6.07 Å². The van der Waals surface area contributed by atoms with Gasteiger partial charge in [0, 0.05) is 39.8 Å². The van der Waals surface area contributed by atoms with Crippen LogP contribution in [0.15, 0.2) is 0 Å². The molecule has 114 valence electrons. The van der Waals surface area contributed by atoms with E-state index in [1.807, 2.05) is 20.8 Å². The predicted octanol–water partition coefficient (Wildman–Crippen LogP) is 0.0573. The largest absolute Gasteiger partial charge is 0.383 e. The maximum atomic E-state index is 12.0. The zero-order chi connectivity index (χ0) is 15.2. The summed E-state index contributed by atoms with van der Waals surface area (Å²) in [6, 6.07) is 2.19. The Hall–Kier alpha value is -1.16. The van der Waals surface area contributed by atoms with Crippen LogP contribution < -0.4 is 5.32 Å². The lowest BCUT2D eigenvalue weighted by Crippen LogP contribution is -2.58. The highest BCUT2D eigenvalue weighted by molar-refractivity contribution is 5.81. The first-order valence-electron chi connectivity index (χ1n) is 7.09. The summed E-state index contributed by atoms with van der Waals surface area (Å²) in [5.74, 6) is 0.0371. The zero-order valence-electron chi connectivity index (χ0n) is 13.0. The molecule has 1 unspecified atom stereocenters. The molecule has 6 nitrogen and oxygen atoms in total. The summed E-state index contributed by atoms with van der Waals surface area (Å²) < 4.78 is 4.92. The molecular formula is C14H26N4O2. The maximum absolute atomic E-state index is 12.0. The summed E-state index contributed by atoms with van der Waals surface area (Å²) in [7, 11) is 1.62. The van der Waals surface area contributed by atoms with E-state index in [0.717, 1.165) is 26.2 Å². The van der Waals surface area contributed by atoms with Crippen molar-refractivity contribution in [3.05, 3.63) is 0 Å². The van der Waals surface area contributed by atoms with E-state index in [1.54, 1.807) is 7.11 Å². The molecular weight excluding hydrogens is 256 g/mol. The van der Waals surface area contributed by atoms with E-state index < -0.39 is 5.54 Å². The van der Waals surface area contributed by atoms with Crippen LogP contribution in [0, 0.1) is 11.3 Å². The van der Waals surface area contributed by atoms with Gasteiger partial charge >= 0.3 is 0 Å². The molecule has 0 bridgehead atoms. The van der Waals surface area contributed by atoms with Gasteiger partial charge in [-0.2, -0.15) is 5.26 Å². The molecule has 1 atom stereocenters. The van der Waals surface area contributed by atoms with Gasteiger partial charge < -0.3 is 10.1 Å². The van der Waals surface area contributed by atoms with Crippen LogP contribution in [0.4, 0.5) is 0 Å². The molecule has 0 aromatic carbocycles. The molecule has 1 saturated heterocycles. The highest BCUT2D eigenvalue weighted by Gasteiger charge is 2.32. The van der Waals surface area contributed by atoms with Crippen LogP contribution in [0.5, 0.6) is 0 Å². The second kappa shape index (κ2) is 7.58. The molecule has 1 N–H and O–H groups in total. The number of nitriles is 1. The molecule has 0 saturated carbocycles. The smallest absolute Gasteiger partial charge is 0.237 e. The Kier molecular flexibility index (Phi) is 6.40. The number of ether oxygens (including phenoxy) is 1. The molecule has 0 aromatic heterocycles. The zero-order valence-corrected chi connectivity index (χ0v) is 13.0. The molecule has 0 spiro atoms. The van der Waals surface area contributed by atoms with Crippen molar-refractivity contribution in [1.29, 1.82) is 5.26 Å². The number of amides is 1. The molecule has 0 aromatic rings. The van der Waals surface area contributed by atoms with E-state index in [9.17, 15) is 4.79 Å². The minimum atomic E-state index is -0.434. The Morgan fingerprint density at radius 1 is 1.40 bits per heavy atom. The summed E-state index contributed by atoms with van der Waals surface area (Å²) in [6.07, 6.45) is 0. The Morgan fingerprint density at radius 3 is 2.50 bits per heavy atom. The molecule has 1 aliphatic rings. The molecule has 0 radical (unpaired) electrons. The number of carbonyl (C=O) groups is 1. The highest BCUT2D eigenvalue weighted by atomic mass is 16.5. The second-order valence-electron chi connectivity index (χ2n) is 5.65. The number of hydrogen-bond acceptors (Lipinski definition) is 5. The number of carbonyl (C=O) groups excluding carboxylic acids is 1. The molecule has 6 heteroatoms. The Labute approximate surface area is 121 Å². The van der Waals surface area contributed by atoms with Gasteiger partial charge in [0.25, 0.3) is 0 Å². The fraction of sp³-hybridized carbons (Fsp3) is 0.857. The van der Waals surface area contributed by atoms with E-state index in [2.05, 4.69) is 21.2 Å². The number of nitrogens with zero attached hydrogens (tertiary/aromatic N) is 3. The van der Waals surface area contributed by atoms with Crippen molar-refractivity contribution in [2.75, 3.05) is 46.4 Å². The predicted molar refractivity (Wildman–Crippen MR) is 77.2 cm³/mol. The van der Waals surface area contributed by atoms with E-state index in [0.29, 0.717) is 13.2 Å². The molecule has 1 aliphatic heterocycles. The Balaban J connectivity index is 2.41. The van der Waals surface area contributed by atoms with Crippen molar-refractivity contribution in [2.45, 2.75) is 32.4 Å². The second-order valence-corrected chi connectivity index (χ2v) is 5.65. The lowest BCUT2D eigenvalue weighted by atomic mass is 10.0. The minimum absolute atomic E-state index is 0.0371. The van der Waals surface area contributed by atoms with Gasteiger partial charge in [0.1, 0.15) is 5.54 Å². The Bertz CT molecular complexity index is 357. The summed E-state index contributed by atoms with van der Waals surface area (Å²) in [4.78, 5) is 16.3. The van der Waals surface area contributed by atoms with Crippen molar-refractivity contribution in [1.82, 2.24) is 15.1 Å². The third-order valence-corrected chi connectivity index (χ3v) is 3.91. The monoisotopic (exact) mass is 282 g/mol. The molecule has 1 fully saturated rings. The van der Waals surface area contributed by atoms with Crippen molar-refractivity contribution < 1.29 is 9.53 Å². The summed E-state index contributed by atoms with van der Waals surface area (Å²) in [5, 5.41) is 12.0. The van der Waals surface area contributed by atoms with Gasteiger partial charge in [-0.05, 0) is 20.8 Å². The quantitative estimate of drug-likeness (QED) is 0.698. The van der Waals surface area contributed by atoms with Gasteiger partial charge in [-0.1, -0.05) is 0 Å². The summed E-state index contributed by atoms with van der Waals surface area (Å²) in [5.41, 5.74) is -0.434. The topological polar surface area (TPSA) is 68.6 Å². The van der Waals surface area contributed by atoms with Crippen LogP contribution in [0.1, 0.15) is 20.8 Å². The van der Waals surface area contributed by atoms with Crippen LogP contribution in [0.25, 0.3) is 0 Å². The van der Waals surface area contributed by atoms with E-state index in [4.69, 9.17) is 10.00 Å². The number of rotatable bonds is 6. The molecule has 20 heavy (non-hydrogen) atoms. The van der Waals surface area contributed by atoms with Gasteiger partial charge in [-0.25, -0.2) is 0 Å². The van der Waals surface area contributed by atoms with Crippen LogP contribution in [0.3, 0.4) is 0 Å². The SMILES string of the molecule is COCCNC(=O)C(C)N1CCN(C(C)(C)C#N)CC1. The van der Waals surface area contributed by atoms with Crippen LogP contribution >= 0.6 is 0 Å². The average molecular weight is 282 g/mol. The van der Waals surface area contributed by atoms with Gasteiger partial charge in [0.05, 0.1) is 18.7 Å². The number of nitrogens with one attached hydrogen (secondary N) is 1. The number of piperazine rings is 1. The first-order chi connectivity index (χ1) is 9.42. The molecule has 1 rings (SSSR count). The van der Waals surface area contributed by atoms with E-state index in [-0.39, 0.29) is 11.9 Å². The summed E-state index contributed by atoms with van der Waals surface area (Å²) >= 11 is 0. The highest BCUT2D eigenvalue weighted by Crippen LogP contribution is 2.16. The van der Waals surface area contributed by atoms with Gasteiger partial charge in [0.15, 0.2) is 0 Å². The van der Waals surface area contributed by atoms with Crippen molar-refractivity contribution in [3.63, 3.8) is 0 Å².